The van der Waals surface area contributed by atoms with Crippen molar-refractivity contribution in [2.75, 3.05) is 6.54 Å². The first-order valence-electron chi connectivity index (χ1n) is 5.34. The average Bonchev–Trinajstić information content (AvgIpc) is 2.56. The molecule has 0 saturated heterocycles. The van der Waals surface area contributed by atoms with E-state index in [0.29, 0.717) is 6.04 Å². The van der Waals surface area contributed by atoms with Crippen molar-refractivity contribution in [3.05, 3.63) is 16.6 Å². The van der Waals surface area contributed by atoms with E-state index in [9.17, 15) is 0 Å². The molecular formula is C11H20N2S. The van der Waals surface area contributed by atoms with Crippen LogP contribution in [-0.4, -0.2) is 17.6 Å². The summed E-state index contributed by atoms with van der Waals surface area (Å²) in [7, 11) is 0. The molecule has 14 heavy (non-hydrogen) atoms. The molecule has 2 unspecified atom stereocenters. The minimum Gasteiger partial charge on any atom is -0.315 e. The zero-order valence-corrected chi connectivity index (χ0v) is 10.1. The van der Waals surface area contributed by atoms with Gasteiger partial charge in [-0.3, -0.25) is 0 Å². The van der Waals surface area contributed by atoms with Crippen LogP contribution in [0.4, 0.5) is 0 Å². The second-order valence-electron chi connectivity index (χ2n) is 3.93. The van der Waals surface area contributed by atoms with E-state index in [-0.39, 0.29) is 0 Å². The fourth-order valence-corrected chi connectivity index (χ4v) is 2.55. The zero-order valence-electron chi connectivity index (χ0n) is 9.29. The molecule has 1 rings (SSSR count). The highest BCUT2D eigenvalue weighted by atomic mass is 32.1. The molecule has 0 aliphatic carbocycles. The molecule has 1 aromatic rings. The first kappa shape index (κ1) is 11.7. The van der Waals surface area contributed by atoms with Crippen molar-refractivity contribution < 1.29 is 0 Å². The van der Waals surface area contributed by atoms with Crippen molar-refractivity contribution in [3.63, 3.8) is 0 Å². The Morgan fingerprint density at radius 3 is 2.86 bits per heavy atom. The Morgan fingerprint density at radius 2 is 2.29 bits per heavy atom. The lowest BCUT2D eigenvalue weighted by molar-refractivity contribution is 0.426. The molecule has 0 aliphatic rings. The van der Waals surface area contributed by atoms with Gasteiger partial charge in [-0.1, -0.05) is 13.8 Å². The third-order valence-corrected chi connectivity index (χ3v) is 3.12. The smallest absolute Gasteiger partial charge is 0.0927 e. The van der Waals surface area contributed by atoms with Crippen molar-refractivity contribution in [1.82, 2.24) is 10.3 Å². The van der Waals surface area contributed by atoms with Gasteiger partial charge in [-0.15, -0.1) is 11.3 Å². The van der Waals surface area contributed by atoms with Gasteiger partial charge in [0.2, 0.25) is 0 Å². The van der Waals surface area contributed by atoms with Crippen LogP contribution in [0.3, 0.4) is 0 Å². The normalized spacial score (nSPS) is 15.4. The number of hydrogen-bond donors (Lipinski definition) is 1. The van der Waals surface area contributed by atoms with Crippen LogP contribution in [0.1, 0.15) is 32.2 Å². The molecule has 0 bridgehead atoms. The van der Waals surface area contributed by atoms with E-state index in [4.69, 9.17) is 0 Å². The van der Waals surface area contributed by atoms with Gasteiger partial charge in [0.05, 0.1) is 5.01 Å². The molecule has 2 nitrogen and oxygen atoms in total. The Labute approximate surface area is 90.8 Å². The number of rotatable bonds is 6. The largest absolute Gasteiger partial charge is 0.315 e. The minimum atomic E-state index is 0.620. The summed E-state index contributed by atoms with van der Waals surface area (Å²) in [5, 5.41) is 6.76. The second kappa shape index (κ2) is 6.14. The van der Waals surface area contributed by atoms with Gasteiger partial charge in [0.1, 0.15) is 0 Å². The molecule has 3 heteroatoms. The third-order valence-electron chi connectivity index (χ3n) is 2.32. The maximum atomic E-state index is 4.31. The summed E-state index contributed by atoms with van der Waals surface area (Å²) in [5.41, 5.74) is 0. The summed E-state index contributed by atoms with van der Waals surface area (Å²) >= 11 is 1.76. The highest BCUT2D eigenvalue weighted by Gasteiger charge is 2.09. The standard InChI is InChI=1S/C11H20N2S/c1-4-12-10(3)7-9(2)8-11-13-5-6-14-11/h5-6,9-10,12H,4,7-8H2,1-3H3. The van der Waals surface area contributed by atoms with Crippen molar-refractivity contribution in [1.29, 1.82) is 0 Å². The maximum Gasteiger partial charge on any atom is 0.0927 e. The average molecular weight is 212 g/mol. The number of hydrogen-bond acceptors (Lipinski definition) is 3. The molecule has 1 N–H and O–H groups in total. The van der Waals surface area contributed by atoms with Crippen LogP contribution < -0.4 is 5.32 Å². The molecule has 2 atom stereocenters. The van der Waals surface area contributed by atoms with Crippen LogP contribution in [0, 0.1) is 5.92 Å². The highest BCUT2D eigenvalue weighted by molar-refractivity contribution is 7.09. The van der Waals surface area contributed by atoms with Crippen molar-refractivity contribution >= 4 is 11.3 Å². The van der Waals surface area contributed by atoms with Gasteiger partial charge >= 0.3 is 0 Å². The molecule has 0 radical (unpaired) electrons. The predicted octanol–water partition coefficient (Wildman–Crippen LogP) is 2.71. The van der Waals surface area contributed by atoms with E-state index in [1.807, 2.05) is 6.20 Å². The Morgan fingerprint density at radius 1 is 1.50 bits per heavy atom. The molecule has 0 amide bonds. The Kier molecular flexibility index (Phi) is 5.12. The van der Waals surface area contributed by atoms with Gasteiger partial charge in [0.25, 0.3) is 0 Å². The summed E-state index contributed by atoms with van der Waals surface area (Å²) in [6.07, 6.45) is 4.24. The minimum absolute atomic E-state index is 0.620. The summed E-state index contributed by atoms with van der Waals surface area (Å²) < 4.78 is 0. The van der Waals surface area contributed by atoms with Gasteiger partial charge in [-0.25, -0.2) is 4.98 Å². The van der Waals surface area contributed by atoms with Gasteiger partial charge in [0.15, 0.2) is 0 Å². The first-order chi connectivity index (χ1) is 6.72. The third kappa shape index (κ3) is 4.20. The van der Waals surface area contributed by atoms with Crippen LogP contribution >= 0.6 is 11.3 Å². The molecule has 0 saturated carbocycles. The van der Waals surface area contributed by atoms with Gasteiger partial charge in [0, 0.05) is 24.0 Å². The zero-order chi connectivity index (χ0) is 10.4. The Bertz CT molecular complexity index is 233. The summed E-state index contributed by atoms with van der Waals surface area (Å²) in [6, 6.07) is 0.620. The van der Waals surface area contributed by atoms with Gasteiger partial charge < -0.3 is 5.32 Å². The molecule has 1 heterocycles. The summed E-state index contributed by atoms with van der Waals surface area (Å²) in [5.74, 6) is 0.718. The van der Waals surface area contributed by atoms with E-state index in [1.165, 1.54) is 11.4 Å². The fourth-order valence-electron chi connectivity index (χ4n) is 1.77. The molecule has 0 fully saturated rings. The summed E-state index contributed by atoms with van der Waals surface area (Å²) in [4.78, 5) is 4.31. The van der Waals surface area contributed by atoms with E-state index < -0.39 is 0 Å². The van der Waals surface area contributed by atoms with Crippen molar-refractivity contribution in [2.24, 2.45) is 5.92 Å². The lowest BCUT2D eigenvalue weighted by Gasteiger charge is -2.16. The highest BCUT2D eigenvalue weighted by Crippen LogP contribution is 2.15. The molecular weight excluding hydrogens is 192 g/mol. The molecule has 0 aromatic carbocycles. The maximum absolute atomic E-state index is 4.31. The quantitative estimate of drug-likeness (QED) is 0.784. The predicted molar refractivity (Wildman–Crippen MR) is 62.7 cm³/mol. The van der Waals surface area contributed by atoms with E-state index >= 15 is 0 Å². The monoisotopic (exact) mass is 212 g/mol. The SMILES string of the molecule is CCNC(C)CC(C)Cc1nccs1. The van der Waals surface area contributed by atoms with Crippen LogP contribution in [0.5, 0.6) is 0 Å². The molecule has 1 aromatic heterocycles. The van der Waals surface area contributed by atoms with Gasteiger partial charge in [-0.05, 0) is 25.8 Å². The lowest BCUT2D eigenvalue weighted by Crippen LogP contribution is -2.27. The van der Waals surface area contributed by atoms with E-state index in [2.05, 4.69) is 36.5 Å². The van der Waals surface area contributed by atoms with Crippen LogP contribution in [-0.2, 0) is 6.42 Å². The van der Waals surface area contributed by atoms with Crippen LogP contribution in [0.25, 0.3) is 0 Å². The molecule has 0 aliphatic heterocycles. The topological polar surface area (TPSA) is 24.9 Å². The van der Waals surface area contributed by atoms with Gasteiger partial charge in [-0.2, -0.15) is 0 Å². The second-order valence-corrected chi connectivity index (χ2v) is 4.91. The van der Waals surface area contributed by atoms with Crippen molar-refractivity contribution in [3.8, 4) is 0 Å². The number of nitrogens with zero attached hydrogens (tertiary/aromatic N) is 1. The summed E-state index contributed by atoms with van der Waals surface area (Å²) in [6.45, 7) is 7.77. The number of aromatic nitrogens is 1. The lowest BCUT2D eigenvalue weighted by atomic mass is 10.00. The molecule has 80 valence electrons. The first-order valence-corrected chi connectivity index (χ1v) is 6.22. The van der Waals surface area contributed by atoms with E-state index in [0.717, 1.165) is 18.9 Å². The molecule has 0 spiro atoms. The Hall–Kier alpha value is -0.410. The Balaban J connectivity index is 2.25. The fraction of sp³-hybridized carbons (Fsp3) is 0.727. The van der Waals surface area contributed by atoms with Crippen LogP contribution in [0.15, 0.2) is 11.6 Å². The number of nitrogens with one attached hydrogen (secondary N) is 1. The van der Waals surface area contributed by atoms with Crippen LogP contribution in [0.2, 0.25) is 0 Å². The van der Waals surface area contributed by atoms with Crippen molar-refractivity contribution in [2.45, 2.75) is 39.7 Å². The van der Waals surface area contributed by atoms with E-state index in [1.54, 1.807) is 11.3 Å². The number of thiazole rings is 1.